The molecule has 0 aliphatic carbocycles. The molecular weight excluding hydrogens is 202 g/mol. The first kappa shape index (κ1) is 12.6. The van der Waals surface area contributed by atoms with Crippen LogP contribution < -0.4 is 4.74 Å². The van der Waals surface area contributed by atoms with Crippen LogP contribution in [0.1, 0.15) is 13.8 Å². The van der Waals surface area contributed by atoms with Crippen molar-refractivity contribution in [1.29, 1.82) is 0 Å². The van der Waals surface area contributed by atoms with Gasteiger partial charge in [0.2, 0.25) is 0 Å². The molecule has 0 heterocycles. The lowest BCUT2D eigenvalue weighted by molar-refractivity contribution is 0.151. The Bertz CT molecular complexity index is 322. The molecule has 1 aromatic carbocycles. The van der Waals surface area contributed by atoms with Crippen LogP contribution in [0.15, 0.2) is 30.3 Å². The van der Waals surface area contributed by atoms with E-state index in [4.69, 9.17) is 4.74 Å². The molecule has 0 aliphatic heterocycles. The SMILES string of the molecule is [CH2]CN(CC(C)C)C(=O)Oc1ccccc1. The van der Waals surface area contributed by atoms with E-state index in [1.54, 1.807) is 17.0 Å². The van der Waals surface area contributed by atoms with Crippen molar-refractivity contribution in [1.82, 2.24) is 4.90 Å². The van der Waals surface area contributed by atoms with Crippen molar-refractivity contribution in [3.05, 3.63) is 37.3 Å². The average Bonchev–Trinajstić information content (AvgIpc) is 2.26. The zero-order valence-corrected chi connectivity index (χ0v) is 9.85. The Morgan fingerprint density at radius 3 is 2.50 bits per heavy atom. The maximum Gasteiger partial charge on any atom is 0.415 e. The van der Waals surface area contributed by atoms with E-state index in [0.29, 0.717) is 24.8 Å². The minimum atomic E-state index is -0.338. The first-order valence-electron chi connectivity index (χ1n) is 5.44. The van der Waals surface area contributed by atoms with Gasteiger partial charge in [0.1, 0.15) is 5.75 Å². The summed E-state index contributed by atoms with van der Waals surface area (Å²) >= 11 is 0. The third-order valence-corrected chi connectivity index (χ3v) is 2.06. The van der Waals surface area contributed by atoms with Crippen LogP contribution in [-0.4, -0.2) is 24.1 Å². The molecule has 1 radical (unpaired) electrons. The van der Waals surface area contributed by atoms with Gasteiger partial charge in [0.05, 0.1) is 0 Å². The molecule has 0 spiro atoms. The Balaban J connectivity index is 2.56. The highest BCUT2D eigenvalue weighted by Gasteiger charge is 2.14. The molecule has 0 aromatic heterocycles. The number of hydrogen-bond acceptors (Lipinski definition) is 2. The topological polar surface area (TPSA) is 29.5 Å². The summed E-state index contributed by atoms with van der Waals surface area (Å²) in [4.78, 5) is 13.3. The quantitative estimate of drug-likeness (QED) is 0.780. The van der Waals surface area contributed by atoms with Crippen molar-refractivity contribution < 1.29 is 9.53 Å². The van der Waals surface area contributed by atoms with Gasteiger partial charge in [-0.3, -0.25) is 0 Å². The van der Waals surface area contributed by atoms with Crippen LogP contribution >= 0.6 is 0 Å². The first-order chi connectivity index (χ1) is 7.63. The number of para-hydroxylation sites is 1. The molecule has 1 aromatic rings. The van der Waals surface area contributed by atoms with Crippen LogP contribution in [0, 0.1) is 12.8 Å². The van der Waals surface area contributed by atoms with Gasteiger partial charge in [0, 0.05) is 13.1 Å². The predicted octanol–water partition coefficient (Wildman–Crippen LogP) is 2.98. The Hall–Kier alpha value is -1.51. The lowest BCUT2D eigenvalue weighted by Crippen LogP contribution is -2.36. The fraction of sp³-hybridized carbons (Fsp3) is 0.385. The van der Waals surface area contributed by atoms with Gasteiger partial charge >= 0.3 is 6.09 Å². The van der Waals surface area contributed by atoms with Crippen LogP contribution in [0.3, 0.4) is 0 Å². The average molecular weight is 220 g/mol. The first-order valence-corrected chi connectivity index (χ1v) is 5.44. The fourth-order valence-corrected chi connectivity index (χ4v) is 1.35. The molecule has 0 aliphatic rings. The van der Waals surface area contributed by atoms with Gasteiger partial charge in [-0.05, 0) is 25.0 Å². The molecule has 0 N–H and O–H groups in total. The summed E-state index contributed by atoms with van der Waals surface area (Å²) in [6, 6.07) is 9.06. The summed E-state index contributed by atoms with van der Waals surface area (Å²) in [5.74, 6) is 0.972. The van der Waals surface area contributed by atoms with Crippen LogP contribution in [0.4, 0.5) is 4.79 Å². The molecule has 0 saturated heterocycles. The van der Waals surface area contributed by atoms with Crippen molar-refractivity contribution in [2.45, 2.75) is 13.8 Å². The molecule has 87 valence electrons. The number of benzene rings is 1. The van der Waals surface area contributed by atoms with Gasteiger partial charge in [0.25, 0.3) is 0 Å². The van der Waals surface area contributed by atoms with Gasteiger partial charge in [-0.1, -0.05) is 32.0 Å². The van der Waals surface area contributed by atoms with Crippen molar-refractivity contribution >= 4 is 6.09 Å². The molecule has 0 atom stereocenters. The summed E-state index contributed by atoms with van der Waals surface area (Å²) in [5, 5.41) is 0. The van der Waals surface area contributed by atoms with Gasteiger partial charge in [-0.15, -0.1) is 0 Å². The highest BCUT2D eigenvalue weighted by molar-refractivity contribution is 5.70. The third-order valence-electron chi connectivity index (χ3n) is 2.06. The Morgan fingerprint density at radius 2 is 2.00 bits per heavy atom. The lowest BCUT2D eigenvalue weighted by atomic mass is 10.2. The highest BCUT2D eigenvalue weighted by Crippen LogP contribution is 2.10. The van der Waals surface area contributed by atoms with E-state index in [0.717, 1.165) is 0 Å². The zero-order valence-electron chi connectivity index (χ0n) is 9.85. The lowest BCUT2D eigenvalue weighted by Gasteiger charge is -2.21. The smallest absolute Gasteiger partial charge is 0.410 e. The number of carbonyl (C=O) groups is 1. The summed E-state index contributed by atoms with van der Waals surface area (Å²) in [5.41, 5.74) is 0. The van der Waals surface area contributed by atoms with Crippen LogP contribution in [0.5, 0.6) is 5.75 Å². The van der Waals surface area contributed by atoms with E-state index in [1.165, 1.54) is 0 Å². The highest BCUT2D eigenvalue weighted by atomic mass is 16.6. The van der Waals surface area contributed by atoms with Crippen molar-refractivity contribution in [2.75, 3.05) is 13.1 Å². The maximum absolute atomic E-state index is 11.7. The standard InChI is InChI=1S/C13H18NO2/c1-4-14(10-11(2)3)13(15)16-12-8-6-5-7-9-12/h5-9,11H,1,4,10H2,2-3H3. The number of amides is 1. The summed E-state index contributed by atoms with van der Waals surface area (Å²) in [6.45, 7) is 8.92. The van der Waals surface area contributed by atoms with E-state index >= 15 is 0 Å². The zero-order chi connectivity index (χ0) is 12.0. The van der Waals surface area contributed by atoms with Crippen molar-refractivity contribution in [3.8, 4) is 5.75 Å². The van der Waals surface area contributed by atoms with Crippen LogP contribution in [0.25, 0.3) is 0 Å². The van der Waals surface area contributed by atoms with Gasteiger partial charge in [-0.2, -0.15) is 0 Å². The van der Waals surface area contributed by atoms with Gasteiger partial charge in [-0.25, -0.2) is 4.79 Å². The molecule has 1 amide bonds. The van der Waals surface area contributed by atoms with E-state index in [2.05, 4.69) is 20.8 Å². The van der Waals surface area contributed by atoms with Crippen molar-refractivity contribution in [3.63, 3.8) is 0 Å². The van der Waals surface area contributed by atoms with E-state index in [9.17, 15) is 4.79 Å². The molecule has 0 saturated carbocycles. The largest absolute Gasteiger partial charge is 0.415 e. The number of carbonyl (C=O) groups excluding carboxylic acids is 1. The molecule has 16 heavy (non-hydrogen) atoms. The van der Waals surface area contributed by atoms with Gasteiger partial charge < -0.3 is 9.64 Å². The summed E-state index contributed by atoms with van der Waals surface area (Å²) in [7, 11) is 0. The number of nitrogens with zero attached hydrogens (tertiary/aromatic N) is 1. The number of rotatable bonds is 4. The molecule has 3 heteroatoms. The molecule has 0 fully saturated rings. The van der Waals surface area contributed by atoms with Crippen LogP contribution in [0.2, 0.25) is 0 Å². The fourth-order valence-electron chi connectivity index (χ4n) is 1.35. The Labute approximate surface area is 97.0 Å². The predicted molar refractivity (Wildman–Crippen MR) is 64.2 cm³/mol. The van der Waals surface area contributed by atoms with E-state index in [-0.39, 0.29) is 6.09 Å². The Morgan fingerprint density at radius 1 is 1.38 bits per heavy atom. The molecule has 1 rings (SSSR count). The van der Waals surface area contributed by atoms with Crippen LogP contribution in [-0.2, 0) is 0 Å². The van der Waals surface area contributed by atoms with Gasteiger partial charge in [0.15, 0.2) is 0 Å². The number of ether oxygens (including phenoxy) is 1. The molecular formula is C13H18NO2. The Kier molecular flexibility index (Phi) is 4.83. The van der Waals surface area contributed by atoms with Crippen molar-refractivity contribution in [2.24, 2.45) is 5.92 Å². The second kappa shape index (κ2) is 6.16. The van der Waals surface area contributed by atoms with E-state index < -0.39 is 0 Å². The molecule has 0 unspecified atom stereocenters. The second-order valence-electron chi connectivity index (χ2n) is 4.02. The minimum absolute atomic E-state index is 0.338. The normalized spacial score (nSPS) is 10.2. The number of hydrogen-bond donors (Lipinski definition) is 0. The maximum atomic E-state index is 11.7. The molecule has 3 nitrogen and oxygen atoms in total. The summed E-state index contributed by atoms with van der Waals surface area (Å²) < 4.78 is 5.22. The minimum Gasteiger partial charge on any atom is -0.410 e. The second-order valence-corrected chi connectivity index (χ2v) is 4.02. The summed E-state index contributed by atoms with van der Waals surface area (Å²) in [6.07, 6.45) is -0.338. The molecule has 0 bridgehead atoms. The monoisotopic (exact) mass is 220 g/mol. The third kappa shape index (κ3) is 3.93. The van der Waals surface area contributed by atoms with E-state index in [1.807, 2.05) is 18.2 Å².